The summed E-state index contributed by atoms with van der Waals surface area (Å²) in [6, 6.07) is 12.0. The number of benzene rings is 2. The topological polar surface area (TPSA) is 12.0 Å². The third-order valence-electron chi connectivity index (χ3n) is 4.13. The van der Waals surface area contributed by atoms with E-state index in [2.05, 4.69) is 18.3 Å². The van der Waals surface area contributed by atoms with Gasteiger partial charge in [-0.05, 0) is 55.1 Å². The van der Waals surface area contributed by atoms with Gasteiger partial charge in [0.1, 0.15) is 5.82 Å². The van der Waals surface area contributed by atoms with Crippen molar-refractivity contribution in [3.63, 3.8) is 0 Å². The second-order valence-electron chi connectivity index (χ2n) is 5.51. The van der Waals surface area contributed by atoms with Gasteiger partial charge in [0.25, 0.3) is 0 Å². The Labute approximate surface area is 119 Å². The Morgan fingerprint density at radius 2 is 2.05 bits per heavy atom. The molecule has 1 N–H and O–H groups in total. The molecule has 0 amide bonds. The van der Waals surface area contributed by atoms with E-state index in [9.17, 15) is 4.39 Å². The molecule has 0 spiro atoms. The standard InChI is InChI=1S/C18H20FN/c1-3-20-18-10-8-14-13(5-4-6-15(14)18)16-11-12(2)7-9-17(16)19/h4-7,9,11,18,20H,3,8,10H2,1-2H3. The second-order valence-corrected chi connectivity index (χ2v) is 5.51. The van der Waals surface area contributed by atoms with Crippen LogP contribution in [0, 0.1) is 12.7 Å². The zero-order chi connectivity index (χ0) is 14.1. The average molecular weight is 269 g/mol. The van der Waals surface area contributed by atoms with Gasteiger partial charge in [0, 0.05) is 11.6 Å². The van der Waals surface area contributed by atoms with Crippen molar-refractivity contribution >= 4 is 0 Å². The molecule has 0 fully saturated rings. The molecule has 2 heteroatoms. The predicted octanol–water partition coefficient (Wildman–Crippen LogP) is 4.40. The molecule has 1 atom stereocenters. The Kier molecular flexibility index (Phi) is 3.58. The number of hydrogen-bond donors (Lipinski definition) is 1. The Balaban J connectivity index is 2.10. The fourth-order valence-electron chi connectivity index (χ4n) is 3.21. The summed E-state index contributed by atoms with van der Waals surface area (Å²) < 4.78 is 14.2. The van der Waals surface area contributed by atoms with Crippen molar-refractivity contribution in [1.29, 1.82) is 0 Å². The highest BCUT2D eigenvalue weighted by Crippen LogP contribution is 2.38. The average Bonchev–Trinajstić information content (AvgIpc) is 2.85. The van der Waals surface area contributed by atoms with Crippen molar-refractivity contribution < 1.29 is 4.39 Å². The quantitative estimate of drug-likeness (QED) is 0.871. The normalized spacial score (nSPS) is 17.2. The van der Waals surface area contributed by atoms with Gasteiger partial charge in [-0.2, -0.15) is 0 Å². The molecule has 1 unspecified atom stereocenters. The smallest absolute Gasteiger partial charge is 0.131 e. The minimum Gasteiger partial charge on any atom is -0.310 e. The molecule has 1 aliphatic carbocycles. The van der Waals surface area contributed by atoms with Crippen LogP contribution in [-0.4, -0.2) is 6.54 Å². The maximum atomic E-state index is 14.2. The van der Waals surface area contributed by atoms with Crippen LogP contribution in [0.3, 0.4) is 0 Å². The molecule has 2 aromatic rings. The first-order valence-corrected chi connectivity index (χ1v) is 7.32. The second kappa shape index (κ2) is 5.37. The number of hydrogen-bond acceptors (Lipinski definition) is 1. The van der Waals surface area contributed by atoms with E-state index < -0.39 is 0 Å². The van der Waals surface area contributed by atoms with Gasteiger partial charge in [0.15, 0.2) is 0 Å². The summed E-state index contributed by atoms with van der Waals surface area (Å²) in [6.45, 7) is 5.10. The van der Waals surface area contributed by atoms with E-state index in [1.165, 1.54) is 11.1 Å². The highest BCUT2D eigenvalue weighted by Gasteiger charge is 2.24. The number of halogens is 1. The van der Waals surface area contributed by atoms with Gasteiger partial charge in [0.2, 0.25) is 0 Å². The minimum absolute atomic E-state index is 0.129. The van der Waals surface area contributed by atoms with Crippen LogP contribution in [0.15, 0.2) is 36.4 Å². The van der Waals surface area contributed by atoms with Crippen molar-refractivity contribution in [2.45, 2.75) is 32.7 Å². The van der Waals surface area contributed by atoms with E-state index >= 15 is 0 Å². The van der Waals surface area contributed by atoms with Gasteiger partial charge in [0.05, 0.1) is 0 Å². The largest absolute Gasteiger partial charge is 0.310 e. The Bertz CT molecular complexity index is 633. The third kappa shape index (κ3) is 2.25. The third-order valence-corrected chi connectivity index (χ3v) is 4.13. The van der Waals surface area contributed by atoms with Gasteiger partial charge in [-0.25, -0.2) is 4.39 Å². The summed E-state index contributed by atoms with van der Waals surface area (Å²) in [5.41, 5.74) is 5.54. The van der Waals surface area contributed by atoms with Gasteiger partial charge in [-0.1, -0.05) is 36.8 Å². The molecule has 0 bridgehead atoms. The van der Waals surface area contributed by atoms with Crippen molar-refractivity contribution in [2.24, 2.45) is 0 Å². The van der Waals surface area contributed by atoms with Crippen LogP contribution in [-0.2, 0) is 6.42 Å². The number of nitrogens with one attached hydrogen (secondary N) is 1. The summed E-state index contributed by atoms with van der Waals surface area (Å²) in [6.07, 6.45) is 2.13. The molecule has 3 rings (SSSR count). The van der Waals surface area contributed by atoms with Crippen molar-refractivity contribution in [3.8, 4) is 11.1 Å². The lowest BCUT2D eigenvalue weighted by Gasteiger charge is -2.14. The maximum absolute atomic E-state index is 14.2. The summed E-state index contributed by atoms with van der Waals surface area (Å²) in [5, 5.41) is 3.51. The van der Waals surface area contributed by atoms with Gasteiger partial charge in [-0.3, -0.25) is 0 Å². The molecule has 0 saturated heterocycles. The molecular formula is C18H20FN. The van der Waals surface area contributed by atoms with Crippen LogP contribution in [0.1, 0.15) is 36.1 Å². The predicted molar refractivity (Wildman–Crippen MR) is 81.3 cm³/mol. The van der Waals surface area contributed by atoms with Crippen molar-refractivity contribution in [1.82, 2.24) is 5.32 Å². The highest BCUT2D eigenvalue weighted by atomic mass is 19.1. The Hall–Kier alpha value is -1.67. The number of rotatable bonds is 3. The van der Waals surface area contributed by atoms with Crippen molar-refractivity contribution in [2.75, 3.05) is 6.54 Å². The van der Waals surface area contributed by atoms with Gasteiger partial charge in [-0.15, -0.1) is 0 Å². The lowest BCUT2D eigenvalue weighted by Crippen LogP contribution is -2.18. The first kappa shape index (κ1) is 13.3. The molecule has 0 saturated carbocycles. The molecule has 0 aromatic heterocycles. The summed E-state index contributed by atoms with van der Waals surface area (Å²) in [4.78, 5) is 0. The lowest BCUT2D eigenvalue weighted by atomic mass is 9.95. The zero-order valence-electron chi connectivity index (χ0n) is 12.0. The van der Waals surface area contributed by atoms with Crippen LogP contribution in [0.2, 0.25) is 0 Å². The SMILES string of the molecule is CCNC1CCc2c(-c3cc(C)ccc3F)cccc21. The van der Waals surface area contributed by atoms with Gasteiger partial charge < -0.3 is 5.32 Å². The summed E-state index contributed by atoms with van der Waals surface area (Å²) in [5.74, 6) is -0.129. The molecule has 0 heterocycles. The molecule has 20 heavy (non-hydrogen) atoms. The van der Waals surface area contributed by atoms with E-state index in [0.29, 0.717) is 6.04 Å². The monoisotopic (exact) mass is 269 g/mol. The summed E-state index contributed by atoms with van der Waals surface area (Å²) in [7, 11) is 0. The van der Waals surface area contributed by atoms with E-state index in [-0.39, 0.29) is 5.82 Å². The number of fused-ring (bicyclic) bond motifs is 1. The Morgan fingerprint density at radius 1 is 1.20 bits per heavy atom. The highest BCUT2D eigenvalue weighted by molar-refractivity contribution is 5.71. The number of aryl methyl sites for hydroxylation is 1. The molecule has 0 aliphatic heterocycles. The molecule has 1 nitrogen and oxygen atoms in total. The fourth-order valence-corrected chi connectivity index (χ4v) is 3.21. The van der Waals surface area contributed by atoms with E-state index in [1.807, 2.05) is 31.2 Å². The first-order chi connectivity index (χ1) is 9.70. The van der Waals surface area contributed by atoms with Crippen LogP contribution in [0.25, 0.3) is 11.1 Å². The molecule has 104 valence electrons. The van der Waals surface area contributed by atoms with Crippen LogP contribution in [0.4, 0.5) is 4.39 Å². The zero-order valence-corrected chi connectivity index (χ0v) is 12.0. The molecule has 0 radical (unpaired) electrons. The van der Waals surface area contributed by atoms with Crippen LogP contribution >= 0.6 is 0 Å². The van der Waals surface area contributed by atoms with E-state index in [0.717, 1.165) is 36.1 Å². The summed E-state index contributed by atoms with van der Waals surface area (Å²) >= 11 is 0. The van der Waals surface area contributed by atoms with Crippen molar-refractivity contribution in [3.05, 3.63) is 58.9 Å². The van der Waals surface area contributed by atoms with Crippen LogP contribution < -0.4 is 5.32 Å². The van der Waals surface area contributed by atoms with E-state index in [4.69, 9.17) is 0 Å². The van der Waals surface area contributed by atoms with E-state index in [1.54, 1.807) is 6.07 Å². The lowest BCUT2D eigenvalue weighted by molar-refractivity contribution is 0.549. The fraction of sp³-hybridized carbons (Fsp3) is 0.333. The minimum atomic E-state index is -0.129. The molecular weight excluding hydrogens is 249 g/mol. The molecule has 2 aromatic carbocycles. The van der Waals surface area contributed by atoms with Crippen LogP contribution in [0.5, 0.6) is 0 Å². The Morgan fingerprint density at radius 3 is 2.85 bits per heavy atom. The maximum Gasteiger partial charge on any atom is 0.131 e. The van der Waals surface area contributed by atoms with Gasteiger partial charge >= 0.3 is 0 Å². The first-order valence-electron chi connectivity index (χ1n) is 7.32. The molecule has 1 aliphatic rings.